The van der Waals surface area contributed by atoms with Crippen LogP contribution in [0.3, 0.4) is 0 Å². The quantitative estimate of drug-likeness (QED) is 0.589. The summed E-state index contributed by atoms with van der Waals surface area (Å²) in [5.41, 5.74) is 2.70. The Kier molecular flexibility index (Phi) is 7.33. The summed E-state index contributed by atoms with van der Waals surface area (Å²) in [6.45, 7) is 2.97. The van der Waals surface area contributed by atoms with Gasteiger partial charge in [-0.2, -0.15) is 0 Å². The molecule has 0 fully saturated rings. The van der Waals surface area contributed by atoms with Gasteiger partial charge in [-0.3, -0.25) is 9.59 Å². The van der Waals surface area contributed by atoms with Crippen LogP contribution in [0.25, 0.3) is 0 Å². The molecule has 3 rings (SSSR count). The first-order valence-corrected chi connectivity index (χ1v) is 10.0. The number of hydrogen-bond donors (Lipinski definition) is 1. The SMILES string of the molecule is CCCNC(=O)Cc1cccc(N(Cc2ccccc2)C(=O)c2cccc(F)c2)c1. The van der Waals surface area contributed by atoms with Gasteiger partial charge in [0.05, 0.1) is 13.0 Å². The van der Waals surface area contributed by atoms with Crippen LogP contribution in [-0.2, 0) is 17.8 Å². The zero-order valence-electron chi connectivity index (χ0n) is 17.0. The van der Waals surface area contributed by atoms with Gasteiger partial charge in [0.15, 0.2) is 0 Å². The highest BCUT2D eigenvalue weighted by atomic mass is 19.1. The maximum atomic E-state index is 13.7. The Morgan fingerprint density at radius 3 is 2.37 bits per heavy atom. The van der Waals surface area contributed by atoms with Crippen LogP contribution in [0.2, 0.25) is 0 Å². The van der Waals surface area contributed by atoms with Crippen molar-refractivity contribution in [3.8, 4) is 0 Å². The molecule has 5 heteroatoms. The second-order valence-corrected chi connectivity index (χ2v) is 7.08. The fourth-order valence-corrected chi connectivity index (χ4v) is 3.17. The second kappa shape index (κ2) is 10.3. The molecule has 0 aromatic heterocycles. The van der Waals surface area contributed by atoms with Gasteiger partial charge in [0.2, 0.25) is 5.91 Å². The predicted molar refractivity (Wildman–Crippen MR) is 117 cm³/mol. The second-order valence-electron chi connectivity index (χ2n) is 7.08. The summed E-state index contributed by atoms with van der Waals surface area (Å²) >= 11 is 0. The van der Waals surface area contributed by atoms with Gasteiger partial charge >= 0.3 is 0 Å². The molecule has 0 aliphatic heterocycles. The van der Waals surface area contributed by atoms with Crippen molar-refractivity contribution in [2.24, 2.45) is 0 Å². The molecular formula is C25H25FN2O2. The Bertz CT molecular complexity index is 1000. The molecule has 2 amide bonds. The van der Waals surface area contributed by atoms with Crippen molar-refractivity contribution in [1.82, 2.24) is 5.32 Å². The molecule has 0 aliphatic carbocycles. The number of anilines is 1. The van der Waals surface area contributed by atoms with Gasteiger partial charge in [0, 0.05) is 17.8 Å². The van der Waals surface area contributed by atoms with Crippen molar-refractivity contribution in [2.45, 2.75) is 26.3 Å². The fourth-order valence-electron chi connectivity index (χ4n) is 3.17. The number of rotatable bonds is 8. The fraction of sp³-hybridized carbons (Fsp3) is 0.200. The van der Waals surface area contributed by atoms with Crippen LogP contribution in [0.1, 0.15) is 34.8 Å². The van der Waals surface area contributed by atoms with E-state index in [9.17, 15) is 14.0 Å². The lowest BCUT2D eigenvalue weighted by atomic mass is 10.1. The van der Waals surface area contributed by atoms with E-state index in [0.29, 0.717) is 18.8 Å². The number of amides is 2. The van der Waals surface area contributed by atoms with Gasteiger partial charge in [-0.15, -0.1) is 0 Å². The zero-order valence-corrected chi connectivity index (χ0v) is 17.0. The van der Waals surface area contributed by atoms with Crippen molar-refractivity contribution >= 4 is 17.5 Å². The molecular weight excluding hydrogens is 379 g/mol. The predicted octanol–water partition coefficient (Wildman–Crippen LogP) is 4.74. The largest absolute Gasteiger partial charge is 0.356 e. The van der Waals surface area contributed by atoms with Crippen LogP contribution in [0, 0.1) is 5.82 Å². The van der Waals surface area contributed by atoms with Gasteiger partial charge in [-0.1, -0.05) is 55.5 Å². The lowest BCUT2D eigenvalue weighted by Crippen LogP contribution is -2.31. The van der Waals surface area contributed by atoms with Crippen LogP contribution in [-0.4, -0.2) is 18.4 Å². The average molecular weight is 404 g/mol. The minimum atomic E-state index is -0.457. The molecule has 0 spiro atoms. The van der Waals surface area contributed by atoms with E-state index in [-0.39, 0.29) is 23.8 Å². The van der Waals surface area contributed by atoms with Crippen LogP contribution in [0.15, 0.2) is 78.9 Å². The summed E-state index contributed by atoms with van der Waals surface area (Å²) in [5, 5.41) is 2.86. The third-order valence-electron chi connectivity index (χ3n) is 4.66. The van der Waals surface area contributed by atoms with E-state index in [1.807, 2.05) is 61.5 Å². The Hall–Kier alpha value is -3.47. The highest BCUT2D eigenvalue weighted by Crippen LogP contribution is 2.22. The van der Waals surface area contributed by atoms with E-state index in [4.69, 9.17) is 0 Å². The Balaban J connectivity index is 1.90. The van der Waals surface area contributed by atoms with E-state index in [1.165, 1.54) is 18.2 Å². The van der Waals surface area contributed by atoms with E-state index < -0.39 is 5.82 Å². The van der Waals surface area contributed by atoms with Crippen molar-refractivity contribution in [3.63, 3.8) is 0 Å². The molecule has 1 N–H and O–H groups in total. The van der Waals surface area contributed by atoms with Crippen molar-refractivity contribution < 1.29 is 14.0 Å². The first kappa shape index (κ1) is 21.2. The third kappa shape index (κ3) is 5.77. The molecule has 3 aromatic carbocycles. The molecule has 0 atom stereocenters. The summed E-state index contributed by atoms with van der Waals surface area (Å²) in [6.07, 6.45) is 1.11. The average Bonchev–Trinajstić information content (AvgIpc) is 2.76. The number of nitrogens with zero attached hydrogens (tertiary/aromatic N) is 1. The van der Waals surface area contributed by atoms with Gasteiger partial charge in [0.25, 0.3) is 5.91 Å². The first-order valence-electron chi connectivity index (χ1n) is 10.0. The van der Waals surface area contributed by atoms with E-state index >= 15 is 0 Å². The van der Waals surface area contributed by atoms with Crippen LogP contribution in [0.5, 0.6) is 0 Å². The smallest absolute Gasteiger partial charge is 0.258 e. The number of halogens is 1. The number of hydrogen-bond acceptors (Lipinski definition) is 2. The van der Waals surface area contributed by atoms with Gasteiger partial charge in [-0.05, 0) is 47.9 Å². The monoisotopic (exact) mass is 404 g/mol. The number of nitrogens with one attached hydrogen (secondary N) is 1. The normalized spacial score (nSPS) is 10.5. The standard InChI is InChI=1S/C25H25FN2O2/c1-2-14-27-24(29)16-20-10-6-13-23(15-20)28(18-19-8-4-3-5-9-19)25(30)21-11-7-12-22(26)17-21/h3-13,15,17H,2,14,16,18H2,1H3,(H,27,29). The van der Waals surface area contributed by atoms with Crippen molar-refractivity contribution in [2.75, 3.05) is 11.4 Å². The third-order valence-corrected chi connectivity index (χ3v) is 4.66. The summed E-state index contributed by atoms with van der Waals surface area (Å²) in [7, 11) is 0. The van der Waals surface area contributed by atoms with E-state index in [1.54, 1.807) is 11.0 Å². The summed E-state index contributed by atoms with van der Waals surface area (Å²) in [6, 6.07) is 22.7. The molecule has 0 bridgehead atoms. The molecule has 154 valence electrons. The Morgan fingerprint density at radius 1 is 0.900 bits per heavy atom. The summed E-state index contributed by atoms with van der Waals surface area (Å²) in [5.74, 6) is -0.812. The maximum absolute atomic E-state index is 13.7. The minimum Gasteiger partial charge on any atom is -0.356 e. The Labute approximate surface area is 176 Å². The number of carbonyl (C=O) groups excluding carboxylic acids is 2. The minimum absolute atomic E-state index is 0.0555. The number of carbonyl (C=O) groups is 2. The van der Waals surface area contributed by atoms with E-state index in [0.717, 1.165) is 17.5 Å². The molecule has 4 nitrogen and oxygen atoms in total. The lowest BCUT2D eigenvalue weighted by Gasteiger charge is -2.24. The Morgan fingerprint density at radius 2 is 1.63 bits per heavy atom. The van der Waals surface area contributed by atoms with Gasteiger partial charge in [-0.25, -0.2) is 4.39 Å². The zero-order chi connectivity index (χ0) is 21.3. The summed E-state index contributed by atoms with van der Waals surface area (Å²) < 4.78 is 13.7. The van der Waals surface area contributed by atoms with Crippen molar-refractivity contribution in [1.29, 1.82) is 0 Å². The van der Waals surface area contributed by atoms with Crippen LogP contribution < -0.4 is 10.2 Å². The molecule has 3 aromatic rings. The van der Waals surface area contributed by atoms with Crippen LogP contribution in [0.4, 0.5) is 10.1 Å². The summed E-state index contributed by atoms with van der Waals surface area (Å²) in [4.78, 5) is 27.0. The van der Waals surface area contributed by atoms with Gasteiger partial charge < -0.3 is 10.2 Å². The molecule has 0 radical (unpaired) electrons. The molecule has 0 heterocycles. The molecule has 0 saturated heterocycles. The lowest BCUT2D eigenvalue weighted by molar-refractivity contribution is -0.120. The highest BCUT2D eigenvalue weighted by Gasteiger charge is 2.19. The molecule has 0 unspecified atom stereocenters. The maximum Gasteiger partial charge on any atom is 0.258 e. The highest BCUT2D eigenvalue weighted by molar-refractivity contribution is 6.06. The topological polar surface area (TPSA) is 49.4 Å². The molecule has 0 saturated carbocycles. The number of benzene rings is 3. The van der Waals surface area contributed by atoms with Crippen LogP contribution >= 0.6 is 0 Å². The molecule has 30 heavy (non-hydrogen) atoms. The van der Waals surface area contributed by atoms with Crippen molar-refractivity contribution in [3.05, 3.63) is 101 Å². The first-order chi connectivity index (χ1) is 14.6. The van der Waals surface area contributed by atoms with Gasteiger partial charge in [0.1, 0.15) is 5.82 Å². The van der Waals surface area contributed by atoms with E-state index in [2.05, 4.69) is 5.32 Å². The molecule has 0 aliphatic rings.